The molecule has 0 unspecified atom stereocenters. The van der Waals surface area contributed by atoms with E-state index in [1.807, 2.05) is 37.2 Å². The topological polar surface area (TPSA) is 80.9 Å². The van der Waals surface area contributed by atoms with Crippen LogP contribution in [-0.2, 0) is 0 Å². The predicted octanol–water partition coefficient (Wildman–Crippen LogP) is 1.71. The predicted molar refractivity (Wildman–Crippen MR) is 86.3 cm³/mol. The van der Waals surface area contributed by atoms with Gasteiger partial charge in [-0.25, -0.2) is 0 Å². The zero-order valence-electron chi connectivity index (χ0n) is 12.7. The minimum Gasteiger partial charge on any atom is -0.617 e. The van der Waals surface area contributed by atoms with E-state index in [0.717, 1.165) is 5.69 Å². The average Bonchev–Trinajstić information content (AvgIpc) is 2.57. The van der Waals surface area contributed by atoms with Crippen LogP contribution in [0, 0.1) is 21.7 Å². The molecule has 0 fully saturated rings. The first-order chi connectivity index (χ1) is 11.1. The number of aromatic nitrogens is 2. The molecule has 3 rings (SSSR count). The standard InChI is InChI=1S/C17H14N4O2/c1-19(2)13-8-4-3-7-12(13)17-16(11-18)20(22)14-9-5-6-10-15(14)21(17)23/h3-10H,1-2H3. The van der Waals surface area contributed by atoms with Crippen molar-refractivity contribution in [3.63, 3.8) is 0 Å². The van der Waals surface area contributed by atoms with Gasteiger partial charge in [0.05, 0.1) is 11.3 Å². The number of nitriles is 1. The SMILES string of the molecule is CN(C)c1ccccc1-c1c(C#N)[n+]([O-])c2ccccc2[n+]1[O-]. The fraction of sp³-hybridized carbons (Fsp3) is 0.118. The Balaban J connectivity index is 2.48. The second kappa shape index (κ2) is 5.46. The number of fused-ring (bicyclic) bond motifs is 1. The molecular weight excluding hydrogens is 292 g/mol. The Labute approximate surface area is 133 Å². The van der Waals surface area contributed by atoms with Gasteiger partial charge in [-0.3, -0.25) is 0 Å². The molecule has 0 saturated heterocycles. The first kappa shape index (κ1) is 14.6. The molecule has 0 atom stereocenters. The molecule has 0 saturated carbocycles. The highest BCUT2D eigenvalue weighted by Gasteiger charge is 2.31. The van der Waals surface area contributed by atoms with E-state index in [9.17, 15) is 15.7 Å². The van der Waals surface area contributed by atoms with Crippen LogP contribution >= 0.6 is 0 Å². The highest BCUT2D eigenvalue weighted by molar-refractivity contribution is 5.78. The van der Waals surface area contributed by atoms with Gasteiger partial charge >= 0.3 is 11.4 Å². The minimum absolute atomic E-state index is 0.0606. The summed E-state index contributed by atoms with van der Waals surface area (Å²) in [6, 6.07) is 15.5. The van der Waals surface area contributed by atoms with Gasteiger partial charge in [-0.2, -0.15) is 9.99 Å². The summed E-state index contributed by atoms with van der Waals surface area (Å²) < 4.78 is 1.18. The number of nitrogens with zero attached hydrogens (tertiary/aromatic N) is 4. The van der Waals surface area contributed by atoms with Gasteiger partial charge in [-0.15, -0.1) is 4.73 Å². The lowest BCUT2D eigenvalue weighted by atomic mass is 10.1. The normalized spacial score (nSPS) is 10.5. The summed E-state index contributed by atoms with van der Waals surface area (Å²) in [6.45, 7) is 0. The Morgan fingerprint density at radius 2 is 1.48 bits per heavy atom. The van der Waals surface area contributed by atoms with Crippen molar-refractivity contribution in [2.75, 3.05) is 19.0 Å². The summed E-state index contributed by atoms with van der Waals surface area (Å²) in [5, 5.41) is 34.8. The summed E-state index contributed by atoms with van der Waals surface area (Å²) >= 11 is 0. The van der Waals surface area contributed by atoms with E-state index in [1.54, 1.807) is 30.3 Å². The second-order valence-corrected chi connectivity index (χ2v) is 5.30. The van der Waals surface area contributed by atoms with Gasteiger partial charge < -0.3 is 15.3 Å². The van der Waals surface area contributed by atoms with Crippen molar-refractivity contribution < 1.29 is 9.46 Å². The van der Waals surface area contributed by atoms with Crippen LogP contribution in [0.5, 0.6) is 0 Å². The molecule has 0 radical (unpaired) electrons. The lowest BCUT2D eigenvalue weighted by Crippen LogP contribution is -2.43. The lowest BCUT2D eigenvalue weighted by molar-refractivity contribution is -0.622. The molecule has 114 valence electrons. The Bertz CT molecular complexity index is 945. The third-order valence-electron chi connectivity index (χ3n) is 3.70. The average molecular weight is 306 g/mol. The van der Waals surface area contributed by atoms with E-state index in [4.69, 9.17) is 0 Å². The fourth-order valence-corrected chi connectivity index (χ4v) is 2.64. The van der Waals surface area contributed by atoms with Crippen molar-refractivity contribution in [2.24, 2.45) is 0 Å². The van der Waals surface area contributed by atoms with Crippen LogP contribution in [-0.4, -0.2) is 14.1 Å². The first-order valence-electron chi connectivity index (χ1n) is 7.01. The van der Waals surface area contributed by atoms with Crippen molar-refractivity contribution in [1.29, 1.82) is 5.26 Å². The Kier molecular flexibility index (Phi) is 3.47. The molecule has 0 aliphatic heterocycles. The van der Waals surface area contributed by atoms with Crippen molar-refractivity contribution in [3.05, 3.63) is 64.6 Å². The Morgan fingerprint density at radius 1 is 0.913 bits per heavy atom. The number of anilines is 1. The number of para-hydroxylation sites is 3. The van der Waals surface area contributed by atoms with Crippen molar-refractivity contribution >= 4 is 16.7 Å². The molecule has 1 heterocycles. The quantitative estimate of drug-likeness (QED) is 0.533. The molecule has 0 aliphatic rings. The van der Waals surface area contributed by atoms with E-state index < -0.39 is 0 Å². The van der Waals surface area contributed by atoms with Gasteiger partial charge in [0.15, 0.2) is 6.07 Å². The lowest BCUT2D eigenvalue weighted by Gasteiger charge is -2.17. The summed E-state index contributed by atoms with van der Waals surface area (Å²) in [5.41, 5.74) is 1.54. The molecule has 6 heteroatoms. The molecule has 0 N–H and O–H groups in total. The zero-order chi connectivity index (χ0) is 16.6. The smallest absolute Gasteiger partial charge is 0.369 e. The van der Waals surface area contributed by atoms with Crippen LogP contribution in [0.4, 0.5) is 5.69 Å². The number of rotatable bonds is 2. The molecule has 6 nitrogen and oxygen atoms in total. The van der Waals surface area contributed by atoms with E-state index in [2.05, 4.69) is 0 Å². The van der Waals surface area contributed by atoms with Crippen LogP contribution in [0.3, 0.4) is 0 Å². The van der Waals surface area contributed by atoms with Crippen LogP contribution < -0.4 is 14.4 Å². The molecule has 0 spiro atoms. The van der Waals surface area contributed by atoms with Gasteiger partial charge in [0, 0.05) is 26.2 Å². The maximum atomic E-state index is 12.8. The van der Waals surface area contributed by atoms with Gasteiger partial charge in [-0.05, 0) is 12.1 Å². The van der Waals surface area contributed by atoms with Gasteiger partial charge in [-0.1, -0.05) is 24.3 Å². The second-order valence-electron chi connectivity index (χ2n) is 5.30. The molecule has 3 aromatic rings. The van der Waals surface area contributed by atoms with Gasteiger partial charge in [0.2, 0.25) is 0 Å². The van der Waals surface area contributed by atoms with Crippen molar-refractivity contribution in [2.45, 2.75) is 0 Å². The van der Waals surface area contributed by atoms with E-state index in [1.165, 1.54) is 6.07 Å². The maximum absolute atomic E-state index is 12.8. The first-order valence-corrected chi connectivity index (χ1v) is 7.01. The summed E-state index contributed by atoms with van der Waals surface area (Å²) in [4.78, 5) is 1.83. The molecule has 0 amide bonds. The third-order valence-corrected chi connectivity index (χ3v) is 3.70. The van der Waals surface area contributed by atoms with E-state index in [-0.39, 0.29) is 22.4 Å². The minimum atomic E-state index is -0.215. The zero-order valence-corrected chi connectivity index (χ0v) is 12.7. The number of hydrogen-bond acceptors (Lipinski definition) is 4. The Morgan fingerprint density at radius 3 is 2.09 bits per heavy atom. The van der Waals surface area contributed by atoms with Crippen LogP contribution in [0.1, 0.15) is 5.69 Å². The van der Waals surface area contributed by atoms with Crippen LogP contribution in [0.25, 0.3) is 22.3 Å². The highest BCUT2D eigenvalue weighted by Crippen LogP contribution is 2.29. The van der Waals surface area contributed by atoms with Gasteiger partial charge in [0.1, 0.15) is 0 Å². The fourth-order valence-electron chi connectivity index (χ4n) is 2.64. The van der Waals surface area contributed by atoms with Gasteiger partial charge in [0.25, 0.3) is 11.0 Å². The monoisotopic (exact) mass is 306 g/mol. The van der Waals surface area contributed by atoms with Crippen LogP contribution in [0.2, 0.25) is 0 Å². The number of hydrogen-bond donors (Lipinski definition) is 0. The molecule has 1 aromatic heterocycles. The molecular formula is C17H14N4O2. The third kappa shape index (κ3) is 2.19. The van der Waals surface area contributed by atoms with Crippen molar-refractivity contribution in [3.8, 4) is 17.3 Å². The highest BCUT2D eigenvalue weighted by atomic mass is 16.5. The molecule has 0 bridgehead atoms. The summed E-state index contributed by atoms with van der Waals surface area (Å²) in [7, 11) is 3.68. The van der Waals surface area contributed by atoms with Crippen molar-refractivity contribution in [1.82, 2.24) is 0 Å². The van der Waals surface area contributed by atoms with E-state index >= 15 is 0 Å². The largest absolute Gasteiger partial charge is 0.617 e. The number of benzene rings is 2. The molecule has 2 aromatic carbocycles. The Hall–Kier alpha value is -3.33. The molecule has 23 heavy (non-hydrogen) atoms. The summed E-state index contributed by atoms with van der Waals surface area (Å²) in [6.07, 6.45) is 0. The van der Waals surface area contributed by atoms with E-state index in [0.29, 0.717) is 15.0 Å². The van der Waals surface area contributed by atoms with Crippen LogP contribution in [0.15, 0.2) is 48.5 Å². The maximum Gasteiger partial charge on any atom is 0.369 e. The summed E-state index contributed by atoms with van der Waals surface area (Å²) in [5.74, 6) is 0. The molecule has 0 aliphatic carbocycles.